The molecule has 1 aliphatic heterocycles. The van der Waals surface area contributed by atoms with Gasteiger partial charge in [0, 0.05) is 25.6 Å². The van der Waals surface area contributed by atoms with Gasteiger partial charge in [0.15, 0.2) is 0 Å². The molecule has 1 heterocycles. The van der Waals surface area contributed by atoms with Gasteiger partial charge >= 0.3 is 0 Å². The molecular weight excluding hydrogens is 268 g/mol. The van der Waals surface area contributed by atoms with Gasteiger partial charge in [0.05, 0.1) is 6.04 Å². The SMILES string of the molecule is C#CCOc1ccccc1CNC1CCC(=O)N(C)C1=O. The highest BCUT2D eigenvalue weighted by Crippen LogP contribution is 2.19. The smallest absolute Gasteiger partial charge is 0.246 e. The van der Waals surface area contributed by atoms with Gasteiger partial charge in [-0.2, -0.15) is 0 Å². The summed E-state index contributed by atoms with van der Waals surface area (Å²) in [5, 5.41) is 3.18. The van der Waals surface area contributed by atoms with Gasteiger partial charge in [-0.15, -0.1) is 6.42 Å². The molecule has 1 N–H and O–H groups in total. The van der Waals surface area contributed by atoms with Crippen LogP contribution in [-0.4, -0.2) is 36.4 Å². The molecule has 1 fully saturated rings. The first-order chi connectivity index (χ1) is 10.1. The van der Waals surface area contributed by atoms with Crippen molar-refractivity contribution in [2.45, 2.75) is 25.4 Å². The summed E-state index contributed by atoms with van der Waals surface area (Å²) < 4.78 is 5.47. The molecule has 1 aromatic carbocycles. The van der Waals surface area contributed by atoms with Crippen LogP contribution in [0.15, 0.2) is 24.3 Å². The van der Waals surface area contributed by atoms with Gasteiger partial charge in [-0.1, -0.05) is 24.1 Å². The van der Waals surface area contributed by atoms with E-state index >= 15 is 0 Å². The quantitative estimate of drug-likeness (QED) is 0.646. The maximum absolute atomic E-state index is 12.0. The average Bonchev–Trinajstić information content (AvgIpc) is 2.51. The lowest BCUT2D eigenvalue weighted by molar-refractivity contribution is -0.148. The van der Waals surface area contributed by atoms with Crippen molar-refractivity contribution >= 4 is 11.8 Å². The van der Waals surface area contributed by atoms with Crippen LogP contribution in [0.4, 0.5) is 0 Å². The zero-order valence-electron chi connectivity index (χ0n) is 12.0. The number of hydrogen-bond acceptors (Lipinski definition) is 4. The summed E-state index contributed by atoms with van der Waals surface area (Å²) in [5.74, 6) is 2.81. The Kier molecular flexibility index (Phi) is 4.96. The molecule has 1 atom stereocenters. The summed E-state index contributed by atoms with van der Waals surface area (Å²) in [6.45, 7) is 0.690. The van der Waals surface area contributed by atoms with Crippen LogP contribution in [0.25, 0.3) is 0 Å². The van der Waals surface area contributed by atoms with E-state index in [-0.39, 0.29) is 24.5 Å². The fraction of sp³-hybridized carbons (Fsp3) is 0.375. The van der Waals surface area contributed by atoms with Crippen LogP contribution in [0, 0.1) is 12.3 Å². The van der Waals surface area contributed by atoms with Crippen LogP contribution in [0.3, 0.4) is 0 Å². The van der Waals surface area contributed by atoms with Crippen LogP contribution < -0.4 is 10.1 Å². The van der Waals surface area contributed by atoms with E-state index in [1.807, 2.05) is 24.3 Å². The van der Waals surface area contributed by atoms with Crippen LogP contribution in [0.1, 0.15) is 18.4 Å². The van der Waals surface area contributed by atoms with Crippen LogP contribution in [0.5, 0.6) is 5.75 Å². The Balaban J connectivity index is 1.99. The second kappa shape index (κ2) is 6.91. The van der Waals surface area contributed by atoms with E-state index in [9.17, 15) is 9.59 Å². The largest absolute Gasteiger partial charge is 0.481 e. The summed E-state index contributed by atoms with van der Waals surface area (Å²) >= 11 is 0. The van der Waals surface area contributed by atoms with Gasteiger partial charge in [-0.3, -0.25) is 14.5 Å². The number of nitrogens with one attached hydrogen (secondary N) is 1. The topological polar surface area (TPSA) is 58.6 Å². The molecule has 5 nitrogen and oxygen atoms in total. The molecule has 1 saturated heterocycles. The monoisotopic (exact) mass is 286 g/mol. The third-order valence-electron chi connectivity index (χ3n) is 3.47. The van der Waals surface area contributed by atoms with Crippen molar-refractivity contribution in [2.75, 3.05) is 13.7 Å². The molecular formula is C16H18N2O3. The fourth-order valence-electron chi connectivity index (χ4n) is 2.25. The van der Waals surface area contributed by atoms with Gasteiger partial charge in [-0.25, -0.2) is 0 Å². The van der Waals surface area contributed by atoms with Gasteiger partial charge < -0.3 is 10.1 Å². The van der Waals surface area contributed by atoms with Crippen molar-refractivity contribution in [3.63, 3.8) is 0 Å². The lowest BCUT2D eigenvalue weighted by Crippen LogP contribution is -2.51. The molecule has 0 bridgehead atoms. The highest BCUT2D eigenvalue weighted by atomic mass is 16.5. The first-order valence-corrected chi connectivity index (χ1v) is 6.81. The van der Waals surface area contributed by atoms with Gasteiger partial charge in [-0.05, 0) is 12.5 Å². The number of benzene rings is 1. The lowest BCUT2D eigenvalue weighted by atomic mass is 10.0. The highest BCUT2D eigenvalue weighted by molar-refractivity contribution is 6.00. The number of imide groups is 1. The summed E-state index contributed by atoms with van der Waals surface area (Å²) in [5.41, 5.74) is 0.931. The van der Waals surface area contributed by atoms with Gasteiger partial charge in [0.1, 0.15) is 12.4 Å². The summed E-state index contributed by atoms with van der Waals surface area (Å²) in [7, 11) is 1.52. The number of rotatable bonds is 5. The van der Waals surface area contributed by atoms with Crippen molar-refractivity contribution in [1.82, 2.24) is 10.2 Å². The minimum atomic E-state index is -0.339. The van der Waals surface area contributed by atoms with E-state index in [0.717, 1.165) is 5.56 Å². The minimum Gasteiger partial charge on any atom is -0.481 e. The van der Waals surface area contributed by atoms with E-state index in [0.29, 0.717) is 25.1 Å². The first-order valence-electron chi connectivity index (χ1n) is 6.81. The predicted molar refractivity (Wildman–Crippen MR) is 78.4 cm³/mol. The molecule has 5 heteroatoms. The minimum absolute atomic E-state index is 0.129. The number of ether oxygens (including phenoxy) is 1. The number of amides is 2. The first kappa shape index (κ1) is 15.1. The van der Waals surface area contributed by atoms with E-state index in [2.05, 4.69) is 11.2 Å². The van der Waals surface area contributed by atoms with E-state index in [1.165, 1.54) is 11.9 Å². The number of nitrogens with zero attached hydrogens (tertiary/aromatic N) is 1. The number of para-hydroxylation sites is 1. The molecule has 0 spiro atoms. The zero-order chi connectivity index (χ0) is 15.2. The zero-order valence-corrected chi connectivity index (χ0v) is 12.0. The molecule has 2 amide bonds. The molecule has 110 valence electrons. The van der Waals surface area contributed by atoms with Gasteiger partial charge in [0.2, 0.25) is 11.8 Å². The molecule has 0 aromatic heterocycles. The summed E-state index contributed by atoms with van der Waals surface area (Å²) in [4.78, 5) is 24.6. The van der Waals surface area contributed by atoms with Crippen LogP contribution >= 0.6 is 0 Å². The summed E-state index contributed by atoms with van der Waals surface area (Å²) in [6, 6.07) is 7.19. The molecule has 2 rings (SSSR count). The van der Waals surface area contributed by atoms with Crippen molar-refractivity contribution in [1.29, 1.82) is 0 Å². The Labute approximate surface area is 124 Å². The summed E-state index contributed by atoms with van der Waals surface area (Å²) in [6.07, 6.45) is 6.10. The Morgan fingerprint density at radius 2 is 2.19 bits per heavy atom. The molecule has 0 aliphatic carbocycles. The third kappa shape index (κ3) is 3.61. The Hall–Kier alpha value is -2.32. The highest BCUT2D eigenvalue weighted by Gasteiger charge is 2.31. The number of likely N-dealkylation sites (N-methyl/N-ethyl adjacent to an activating group) is 1. The van der Waals surface area contributed by atoms with E-state index < -0.39 is 0 Å². The second-order valence-electron chi connectivity index (χ2n) is 4.86. The predicted octanol–water partition coefficient (Wildman–Crippen LogP) is 0.936. The second-order valence-corrected chi connectivity index (χ2v) is 4.86. The molecule has 0 saturated carbocycles. The van der Waals surface area contributed by atoms with Crippen molar-refractivity contribution in [3.05, 3.63) is 29.8 Å². The number of carbonyl (C=O) groups excluding carboxylic acids is 2. The van der Waals surface area contributed by atoms with E-state index in [4.69, 9.17) is 11.2 Å². The van der Waals surface area contributed by atoms with Crippen LogP contribution in [-0.2, 0) is 16.1 Å². The maximum atomic E-state index is 12.0. The van der Waals surface area contributed by atoms with Gasteiger partial charge in [0.25, 0.3) is 0 Å². The molecule has 0 radical (unpaired) electrons. The Morgan fingerprint density at radius 1 is 1.43 bits per heavy atom. The maximum Gasteiger partial charge on any atom is 0.246 e. The number of piperidine rings is 1. The number of hydrogen-bond donors (Lipinski definition) is 1. The van der Waals surface area contributed by atoms with E-state index in [1.54, 1.807) is 0 Å². The number of likely N-dealkylation sites (tertiary alicyclic amines) is 1. The number of carbonyl (C=O) groups is 2. The van der Waals surface area contributed by atoms with Crippen molar-refractivity contribution in [2.24, 2.45) is 0 Å². The molecule has 1 aliphatic rings. The fourth-order valence-corrected chi connectivity index (χ4v) is 2.25. The van der Waals surface area contributed by atoms with Crippen LogP contribution in [0.2, 0.25) is 0 Å². The Morgan fingerprint density at radius 3 is 2.95 bits per heavy atom. The number of terminal acetylenes is 1. The molecule has 1 unspecified atom stereocenters. The average molecular weight is 286 g/mol. The normalized spacial score (nSPS) is 18.5. The molecule has 1 aromatic rings. The standard InChI is InChI=1S/C16H18N2O3/c1-3-10-21-14-7-5-4-6-12(14)11-17-13-8-9-15(19)18(2)16(13)20/h1,4-7,13,17H,8-11H2,2H3. The van der Waals surface area contributed by atoms with Crippen molar-refractivity contribution < 1.29 is 14.3 Å². The third-order valence-corrected chi connectivity index (χ3v) is 3.47. The molecule has 21 heavy (non-hydrogen) atoms. The lowest BCUT2D eigenvalue weighted by Gasteiger charge is -2.28. The Bertz CT molecular complexity index is 577. The van der Waals surface area contributed by atoms with Crippen molar-refractivity contribution in [3.8, 4) is 18.1 Å².